The number of anilines is 2. The lowest BCUT2D eigenvalue weighted by Gasteiger charge is -2.10. The Bertz CT molecular complexity index is 1590. The van der Waals surface area contributed by atoms with Crippen LogP contribution in [-0.4, -0.2) is 45.1 Å². The number of carbonyl (C=O) groups is 4. The minimum absolute atomic E-state index is 0.0334. The van der Waals surface area contributed by atoms with Crippen LogP contribution in [0, 0.1) is 12.7 Å². The van der Waals surface area contributed by atoms with Gasteiger partial charge in [0.1, 0.15) is 17.1 Å². The lowest BCUT2D eigenvalue weighted by Crippen LogP contribution is -2.14. The van der Waals surface area contributed by atoms with Crippen molar-refractivity contribution in [2.45, 2.75) is 20.8 Å². The van der Waals surface area contributed by atoms with Crippen molar-refractivity contribution in [2.24, 2.45) is 0 Å². The number of hydrogen-bond donors (Lipinski definition) is 2. The van der Waals surface area contributed by atoms with E-state index in [1.807, 2.05) is 19.9 Å². The number of amides is 2. The second kappa shape index (κ2) is 17.4. The Kier molecular flexibility index (Phi) is 13.8. The lowest BCUT2D eigenvalue weighted by atomic mass is 10.1. The van der Waals surface area contributed by atoms with Gasteiger partial charge in [-0.3, -0.25) is 9.59 Å². The van der Waals surface area contributed by atoms with Gasteiger partial charge in [0, 0.05) is 23.0 Å². The van der Waals surface area contributed by atoms with E-state index in [9.17, 15) is 23.6 Å². The first kappa shape index (κ1) is 34.7. The second-order valence-corrected chi connectivity index (χ2v) is 8.68. The Hall–Kier alpha value is -5.51. The minimum atomic E-state index is -0.584. The number of benzene rings is 4. The van der Waals surface area contributed by atoms with E-state index >= 15 is 0 Å². The smallest absolute Gasteiger partial charge is 0.341 e. The molecule has 4 rings (SSSR count). The summed E-state index contributed by atoms with van der Waals surface area (Å²) in [5, 5.41) is 5.37. The molecule has 0 aliphatic heterocycles. The van der Waals surface area contributed by atoms with Crippen LogP contribution in [0.2, 0.25) is 0 Å². The zero-order valence-electron chi connectivity index (χ0n) is 25.4. The number of esters is 2. The third kappa shape index (κ3) is 9.52. The van der Waals surface area contributed by atoms with Crippen LogP contribution in [0.3, 0.4) is 0 Å². The fraction of sp³-hybridized carbons (Fsp3) is 0.176. The number of halogens is 1. The summed E-state index contributed by atoms with van der Waals surface area (Å²) < 4.78 is 28.0. The van der Waals surface area contributed by atoms with Crippen molar-refractivity contribution in [3.8, 4) is 5.75 Å². The van der Waals surface area contributed by atoms with Gasteiger partial charge in [0.15, 0.2) is 0 Å². The van der Waals surface area contributed by atoms with Gasteiger partial charge in [0.05, 0.1) is 32.5 Å². The maximum atomic E-state index is 13.5. The van der Waals surface area contributed by atoms with Gasteiger partial charge in [0.25, 0.3) is 11.8 Å². The molecule has 4 aromatic carbocycles. The number of methoxy groups -OCH3 is 3. The minimum Gasteiger partial charge on any atom is -0.496 e. The van der Waals surface area contributed by atoms with Crippen molar-refractivity contribution in [1.29, 1.82) is 0 Å². The summed E-state index contributed by atoms with van der Waals surface area (Å²) in [6.45, 7) is 5.74. The Morgan fingerprint density at radius 3 is 1.86 bits per heavy atom. The molecule has 2 amide bonds. The first-order chi connectivity index (χ1) is 21.2. The summed E-state index contributed by atoms with van der Waals surface area (Å²) in [6, 6.07) is 24.0. The zero-order chi connectivity index (χ0) is 32.6. The topological polar surface area (TPSA) is 120 Å². The van der Waals surface area contributed by atoms with E-state index in [1.165, 1.54) is 45.6 Å². The molecular weight excluding hydrogens is 567 g/mol. The third-order valence-electron chi connectivity index (χ3n) is 5.91. The summed E-state index contributed by atoms with van der Waals surface area (Å²) in [5.74, 6) is -1.96. The van der Waals surface area contributed by atoms with Crippen LogP contribution in [0.4, 0.5) is 15.8 Å². The number of nitrogens with one attached hydrogen (secondary N) is 2. The molecule has 9 nitrogen and oxygen atoms in total. The monoisotopic (exact) mass is 602 g/mol. The van der Waals surface area contributed by atoms with E-state index in [0.29, 0.717) is 39.4 Å². The number of carbonyl (C=O) groups excluding carboxylic acids is 4. The first-order valence-electron chi connectivity index (χ1n) is 13.6. The van der Waals surface area contributed by atoms with Crippen molar-refractivity contribution >= 4 is 35.1 Å². The highest BCUT2D eigenvalue weighted by atomic mass is 19.1. The van der Waals surface area contributed by atoms with E-state index in [1.54, 1.807) is 67.6 Å². The van der Waals surface area contributed by atoms with Crippen LogP contribution in [0.1, 0.15) is 60.8 Å². The standard InChI is InChI=1S/C16H14FNO3.C16H15NO4.C2H6/c1-10-9-11(16(20)21-2)7-8-14(10)18-15(19)12-5-3-4-6-13(12)17;1-20-14-10-12(8-9-13(14)16(19)21-2)17-15(18)11-6-4-3-5-7-11;1-2/h3-9H,1-2H3,(H,18,19);3-10H,1-2H3,(H,17,18);1-2H3. The van der Waals surface area contributed by atoms with Crippen LogP contribution in [-0.2, 0) is 9.47 Å². The van der Waals surface area contributed by atoms with Gasteiger partial charge in [-0.15, -0.1) is 0 Å². The second-order valence-electron chi connectivity index (χ2n) is 8.68. The molecule has 4 aromatic rings. The molecule has 0 spiro atoms. The average Bonchev–Trinajstić information content (AvgIpc) is 3.06. The van der Waals surface area contributed by atoms with Gasteiger partial charge in [-0.25, -0.2) is 14.0 Å². The van der Waals surface area contributed by atoms with Crippen molar-refractivity contribution in [3.05, 3.63) is 125 Å². The van der Waals surface area contributed by atoms with Gasteiger partial charge in [0.2, 0.25) is 0 Å². The van der Waals surface area contributed by atoms with Crippen molar-refractivity contribution < 1.29 is 37.8 Å². The number of rotatable bonds is 7. The molecule has 0 fully saturated rings. The van der Waals surface area contributed by atoms with E-state index in [0.717, 1.165) is 0 Å². The number of hydrogen-bond acceptors (Lipinski definition) is 7. The summed E-state index contributed by atoms with van der Waals surface area (Å²) in [7, 11) is 4.04. The highest BCUT2D eigenvalue weighted by Crippen LogP contribution is 2.24. The van der Waals surface area contributed by atoms with Crippen molar-refractivity contribution in [2.75, 3.05) is 32.0 Å². The molecule has 10 heteroatoms. The van der Waals surface area contributed by atoms with Gasteiger partial charge in [-0.1, -0.05) is 44.2 Å². The van der Waals surface area contributed by atoms with Crippen LogP contribution in [0.15, 0.2) is 91.0 Å². The molecule has 230 valence electrons. The predicted octanol–water partition coefficient (Wildman–Crippen LogP) is 6.93. The summed E-state index contributed by atoms with van der Waals surface area (Å²) >= 11 is 0. The summed E-state index contributed by atoms with van der Waals surface area (Å²) in [6.07, 6.45) is 0. The molecule has 0 bridgehead atoms. The lowest BCUT2D eigenvalue weighted by molar-refractivity contribution is 0.0589. The Balaban J connectivity index is 0.000000291. The normalized spacial score (nSPS) is 9.61. The van der Waals surface area contributed by atoms with Crippen LogP contribution >= 0.6 is 0 Å². The quantitative estimate of drug-likeness (QED) is 0.220. The molecule has 0 saturated carbocycles. The number of ether oxygens (including phenoxy) is 3. The van der Waals surface area contributed by atoms with Crippen LogP contribution < -0.4 is 15.4 Å². The van der Waals surface area contributed by atoms with Crippen molar-refractivity contribution in [1.82, 2.24) is 0 Å². The maximum Gasteiger partial charge on any atom is 0.341 e. The highest BCUT2D eigenvalue weighted by molar-refractivity contribution is 6.05. The SMILES string of the molecule is CC.COC(=O)c1ccc(NC(=O)c2ccccc2)cc1OC.COC(=O)c1ccc(NC(=O)c2ccccc2F)c(C)c1. The largest absolute Gasteiger partial charge is 0.496 e. The highest BCUT2D eigenvalue weighted by Gasteiger charge is 2.15. The fourth-order valence-electron chi connectivity index (χ4n) is 3.72. The van der Waals surface area contributed by atoms with Gasteiger partial charge in [-0.05, 0) is 67.1 Å². The Morgan fingerprint density at radius 1 is 0.636 bits per heavy atom. The predicted molar refractivity (Wildman–Crippen MR) is 167 cm³/mol. The third-order valence-corrected chi connectivity index (χ3v) is 5.91. The van der Waals surface area contributed by atoms with E-state index in [-0.39, 0.29) is 11.5 Å². The van der Waals surface area contributed by atoms with Gasteiger partial charge in [-0.2, -0.15) is 0 Å². The molecule has 0 saturated heterocycles. The molecule has 0 heterocycles. The number of aryl methyl sites for hydroxylation is 1. The van der Waals surface area contributed by atoms with E-state index < -0.39 is 23.7 Å². The Morgan fingerprint density at radius 2 is 1.27 bits per heavy atom. The molecule has 0 aliphatic rings. The Labute approximate surface area is 256 Å². The molecule has 44 heavy (non-hydrogen) atoms. The molecule has 0 unspecified atom stereocenters. The molecule has 0 atom stereocenters. The molecule has 2 N–H and O–H groups in total. The van der Waals surface area contributed by atoms with Gasteiger partial charge >= 0.3 is 11.9 Å². The van der Waals surface area contributed by atoms with Crippen LogP contribution in [0.25, 0.3) is 0 Å². The summed E-state index contributed by atoms with van der Waals surface area (Å²) in [4.78, 5) is 47.0. The summed E-state index contributed by atoms with van der Waals surface area (Å²) in [5.41, 5.74) is 2.94. The molecular formula is C34H35FN2O7. The first-order valence-corrected chi connectivity index (χ1v) is 13.6. The van der Waals surface area contributed by atoms with E-state index in [2.05, 4.69) is 20.1 Å². The fourth-order valence-corrected chi connectivity index (χ4v) is 3.72. The molecule has 0 aliphatic carbocycles. The maximum absolute atomic E-state index is 13.5. The van der Waals surface area contributed by atoms with E-state index in [4.69, 9.17) is 4.74 Å². The molecule has 0 aromatic heterocycles. The van der Waals surface area contributed by atoms with Crippen LogP contribution in [0.5, 0.6) is 5.75 Å². The zero-order valence-corrected chi connectivity index (χ0v) is 25.4. The van der Waals surface area contributed by atoms with Gasteiger partial charge < -0.3 is 24.8 Å². The molecule has 0 radical (unpaired) electrons. The van der Waals surface area contributed by atoms with Crippen molar-refractivity contribution in [3.63, 3.8) is 0 Å². The average molecular weight is 603 g/mol.